The van der Waals surface area contributed by atoms with Gasteiger partial charge in [0.1, 0.15) is 6.04 Å². The highest BCUT2D eigenvalue weighted by Gasteiger charge is 2.24. The second-order valence-corrected chi connectivity index (χ2v) is 5.10. The lowest BCUT2D eigenvalue weighted by molar-refractivity contribution is -0.134. The van der Waals surface area contributed by atoms with Crippen LogP contribution in [0.25, 0.3) is 0 Å². The quantitative estimate of drug-likeness (QED) is 0.859. The molecule has 0 spiro atoms. The van der Waals surface area contributed by atoms with Gasteiger partial charge in [0.2, 0.25) is 5.91 Å². The summed E-state index contributed by atoms with van der Waals surface area (Å²) in [5, 5.41) is 1.95. The fourth-order valence-corrected chi connectivity index (χ4v) is 2.35. The Hall–Kier alpha value is -0.870. The van der Waals surface area contributed by atoms with Crippen molar-refractivity contribution in [3.63, 3.8) is 0 Å². The maximum atomic E-state index is 12.2. The van der Waals surface area contributed by atoms with Crippen LogP contribution in [0, 0.1) is 0 Å². The number of thiophene rings is 1. The van der Waals surface area contributed by atoms with Crippen LogP contribution in [0.2, 0.25) is 0 Å². The van der Waals surface area contributed by atoms with Gasteiger partial charge in [0.05, 0.1) is 0 Å². The number of nitrogens with two attached hydrogens (primary N) is 1. The molecule has 2 N–H and O–H groups in total. The average Bonchev–Trinajstić information content (AvgIpc) is 2.76. The van der Waals surface area contributed by atoms with Crippen LogP contribution in [0.1, 0.15) is 38.1 Å². The molecule has 0 saturated heterocycles. The summed E-state index contributed by atoms with van der Waals surface area (Å²) >= 11 is 1.53. The monoisotopic (exact) mass is 240 g/mol. The van der Waals surface area contributed by atoms with Crippen molar-refractivity contribution in [2.45, 2.75) is 39.3 Å². The summed E-state index contributed by atoms with van der Waals surface area (Å²) in [7, 11) is 0. The third kappa shape index (κ3) is 3.06. The Bertz CT molecular complexity index is 322. The molecule has 0 aromatic carbocycles. The van der Waals surface area contributed by atoms with Crippen molar-refractivity contribution in [1.82, 2.24) is 4.90 Å². The zero-order valence-electron chi connectivity index (χ0n) is 10.1. The molecule has 1 amide bonds. The van der Waals surface area contributed by atoms with Crippen LogP contribution in [-0.4, -0.2) is 23.4 Å². The molecule has 0 saturated carbocycles. The molecule has 16 heavy (non-hydrogen) atoms. The van der Waals surface area contributed by atoms with Gasteiger partial charge in [0, 0.05) is 17.5 Å². The van der Waals surface area contributed by atoms with Crippen molar-refractivity contribution in [3.8, 4) is 0 Å². The van der Waals surface area contributed by atoms with Gasteiger partial charge in [-0.1, -0.05) is 13.0 Å². The first-order chi connectivity index (χ1) is 7.57. The fourth-order valence-electron chi connectivity index (χ4n) is 1.63. The van der Waals surface area contributed by atoms with Gasteiger partial charge >= 0.3 is 0 Å². The standard InChI is InChI=1S/C12H20N2OS/c1-4-7-14(9(2)3)12(15)11(13)10-6-5-8-16-10/h5-6,8-9,11H,4,7,13H2,1-3H3. The Balaban J connectivity index is 2.74. The predicted octanol–water partition coefficient (Wildman–Crippen LogP) is 2.39. The van der Waals surface area contributed by atoms with Gasteiger partial charge in [-0.25, -0.2) is 0 Å². The zero-order chi connectivity index (χ0) is 12.1. The lowest BCUT2D eigenvalue weighted by atomic mass is 10.2. The molecule has 90 valence electrons. The van der Waals surface area contributed by atoms with E-state index in [4.69, 9.17) is 5.73 Å². The van der Waals surface area contributed by atoms with Crippen LogP contribution >= 0.6 is 11.3 Å². The molecule has 1 aromatic rings. The van der Waals surface area contributed by atoms with Crippen LogP contribution in [0.3, 0.4) is 0 Å². The molecule has 0 aliphatic carbocycles. The SMILES string of the molecule is CCCN(C(=O)C(N)c1cccs1)C(C)C. The lowest BCUT2D eigenvalue weighted by Gasteiger charge is -2.28. The third-order valence-electron chi connectivity index (χ3n) is 2.49. The van der Waals surface area contributed by atoms with E-state index >= 15 is 0 Å². The number of amides is 1. The van der Waals surface area contributed by atoms with Gasteiger partial charge in [-0.15, -0.1) is 11.3 Å². The highest BCUT2D eigenvalue weighted by Crippen LogP contribution is 2.19. The molecule has 1 atom stereocenters. The van der Waals surface area contributed by atoms with E-state index in [0.717, 1.165) is 17.8 Å². The summed E-state index contributed by atoms with van der Waals surface area (Å²) in [6.07, 6.45) is 0.959. The molecule has 0 radical (unpaired) electrons. The molecule has 4 heteroatoms. The Labute approximate surface area is 101 Å². The van der Waals surface area contributed by atoms with E-state index in [0.29, 0.717) is 0 Å². The molecule has 1 unspecified atom stereocenters. The second-order valence-electron chi connectivity index (χ2n) is 4.12. The Morgan fingerprint density at radius 3 is 2.69 bits per heavy atom. The highest BCUT2D eigenvalue weighted by molar-refractivity contribution is 7.10. The number of hydrogen-bond acceptors (Lipinski definition) is 3. The molecule has 1 rings (SSSR count). The van der Waals surface area contributed by atoms with Crippen molar-refractivity contribution in [2.24, 2.45) is 5.73 Å². The first-order valence-electron chi connectivity index (χ1n) is 5.67. The molecule has 0 bridgehead atoms. The van der Waals surface area contributed by atoms with Gasteiger partial charge < -0.3 is 10.6 Å². The number of rotatable bonds is 5. The van der Waals surface area contributed by atoms with Crippen molar-refractivity contribution in [2.75, 3.05) is 6.54 Å². The zero-order valence-corrected chi connectivity index (χ0v) is 11.0. The van der Waals surface area contributed by atoms with E-state index in [1.165, 1.54) is 11.3 Å². The molecular formula is C12H20N2OS. The summed E-state index contributed by atoms with van der Waals surface area (Å²) in [6.45, 7) is 6.89. The number of carbonyl (C=O) groups is 1. The Kier molecular flexibility index (Phi) is 4.96. The van der Waals surface area contributed by atoms with E-state index in [1.807, 2.05) is 36.3 Å². The topological polar surface area (TPSA) is 46.3 Å². The molecule has 1 heterocycles. The van der Waals surface area contributed by atoms with E-state index in [1.54, 1.807) is 0 Å². The van der Waals surface area contributed by atoms with Gasteiger partial charge in [-0.3, -0.25) is 4.79 Å². The number of nitrogens with zero attached hydrogens (tertiary/aromatic N) is 1. The van der Waals surface area contributed by atoms with Gasteiger partial charge in [0.15, 0.2) is 0 Å². The lowest BCUT2D eigenvalue weighted by Crippen LogP contribution is -2.42. The normalized spacial score (nSPS) is 12.8. The minimum absolute atomic E-state index is 0.0271. The molecule has 3 nitrogen and oxygen atoms in total. The molecular weight excluding hydrogens is 220 g/mol. The van der Waals surface area contributed by atoms with Crippen LogP contribution < -0.4 is 5.73 Å². The minimum Gasteiger partial charge on any atom is -0.339 e. The summed E-state index contributed by atoms with van der Waals surface area (Å²) in [5.74, 6) is 0.0271. The average molecular weight is 240 g/mol. The van der Waals surface area contributed by atoms with Crippen LogP contribution in [0.15, 0.2) is 17.5 Å². The Morgan fingerprint density at radius 1 is 1.56 bits per heavy atom. The van der Waals surface area contributed by atoms with Crippen LogP contribution in [0.4, 0.5) is 0 Å². The maximum absolute atomic E-state index is 12.2. The predicted molar refractivity (Wildman–Crippen MR) is 68.4 cm³/mol. The smallest absolute Gasteiger partial charge is 0.245 e. The molecule has 0 aliphatic rings. The largest absolute Gasteiger partial charge is 0.339 e. The summed E-state index contributed by atoms with van der Waals surface area (Å²) in [5.41, 5.74) is 5.97. The molecule has 1 aromatic heterocycles. The minimum atomic E-state index is -0.506. The van der Waals surface area contributed by atoms with E-state index in [2.05, 4.69) is 6.92 Å². The summed E-state index contributed by atoms with van der Waals surface area (Å²) < 4.78 is 0. The second kappa shape index (κ2) is 6.01. The van der Waals surface area contributed by atoms with Crippen molar-refractivity contribution in [3.05, 3.63) is 22.4 Å². The van der Waals surface area contributed by atoms with E-state index < -0.39 is 6.04 Å². The molecule has 0 aliphatic heterocycles. The van der Waals surface area contributed by atoms with Crippen LogP contribution in [0.5, 0.6) is 0 Å². The van der Waals surface area contributed by atoms with Gasteiger partial charge in [-0.2, -0.15) is 0 Å². The first-order valence-corrected chi connectivity index (χ1v) is 6.55. The summed E-state index contributed by atoms with van der Waals surface area (Å²) in [6, 6.07) is 3.54. The molecule has 0 fully saturated rings. The first kappa shape index (κ1) is 13.2. The van der Waals surface area contributed by atoms with Crippen molar-refractivity contribution < 1.29 is 4.79 Å². The fraction of sp³-hybridized carbons (Fsp3) is 0.583. The van der Waals surface area contributed by atoms with Crippen LogP contribution in [-0.2, 0) is 4.79 Å². The highest BCUT2D eigenvalue weighted by atomic mass is 32.1. The summed E-state index contributed by atoms with van der Waals surface area (Å²) in [4.78, 5) is 15.0. The van der Waals surface area contributed by atoms with Gasteiger partial charge in [-0.05, 0) is 31.7 Å². The Morgan fingerprint density at radius 2 is 2.25 bits per heavy atom. The van der Waals surface area contributed by atoms with Gasteiger partial charge in [0.25, 0.3) is 0 Å². The third-order valence-corrected chi connectivity index (χ3v) is 3.44. The number of hydrogen-bond donors (Lipinski definition) is 1. The van der Waals surface area contributed by atoms with Crippen molar-refractivity contribution >= 4 is 17.2 Å². The number of carbonyl (C=O) groups excluding carboxylic acids is 1. The maximum Gasteiger partial charge on any atom is 0.245 e. The van der Waals surface area contributed by atoms with E-state index in [-0.39, 0.29) is 11.9 Å². The van der Waals surface area contributed by atoms with E-state index in [9.17, 15) is 4.79 Å². The van der Waals surface area contributed by atoms with Crippen molar-refractivity contribution in [1.29, 1.82) is 0 Å².